The van der Waals surface area contributed by atoms with Gasteiger partial charge in [-0.05, 0) is 37.3 Å². The van der Waals surface area contributed by atoms with Crippen molar-refractivity contribution >= 4 is 33.3 Å². The zero-order valence-electron chi connectivity index (χ0n) is 15.2. The van der Waals surface area contributed by atoms with E-state index < -0.39 is 0 Å². The van der Waals surface area contributed by atoms with Crippen molar-refractivity contribution in [2.45, 2.75) is 51.4 Å². The summed E-state index contributed by atoms with van der Waals surface area (Å²) in [5, 5.41) is 1.50. The van der Waals surface area contributed by atoms with Crippen molar-refractivity contribution in [3.63, 3.8) is 0 Å². The number of hydrogen-bond donors (Lipinski definition) is 1. The van der Waals surface area contributed by atoms with Gasteiger partial charge in [0.15, 0.2) is 5.16 Å². The molecule has 5 heteroatoms. The normalized spacial score (nSPS) is 12.6. The molecule has 2 heterocycles. The number of thioether (sulfide) groups is 1. The number of aromatic nitrogens is 2. The molecule has 3 nitrogen and oxygen atoms in total. The van der Waals surface area contributed by atoms with Crippen LogP contribution in [0.15, 0.2) is 34.2 Å². The molecule has 0 aliphatic heterocycles. The predicted molar refractivity (Wildman–Crippen MR) is 109 cm³/mol. The van der Waals surface area contributed by atoms with Gasteiger partial charge >= 0.3 is 0 Å². The summed E-state index contributed by atoms with van der Waals surface area (Å²) in [7, 11) is 0. The van der Waals surface area contributed by atoms with Crippen LogP contribution in [0.1, 0.15) is 41.8 Å². The first kappa shape index (κ1) is 18.2. The second kappa shape index (κ2) is 7.75. The number of nitrogens with zero attached hydrogens (tertiary/aromatic N) is 1. The van der Waals surface area contributed by atoms with E-state index in [0.717, 1.165) is 28.8 Å². The third kappa shape index (κ3) is 4.15. The summed E-state index contributed by atoms with van der Waals surface area (Å²) < 4.78 is 0. The summed E-state index contributed by atoms with van der Waals surface area (Å²) >= 11 is 3.22. The second-order valence-electron chi connectivity index (χ2n) is 6.68. The van der Waals surface area contributed by atoms with Crippen LogP contribution in [0.5, 0.6) is 0 Å². The van der Waals surface area contributed by atoms with E-state index in [2.05, 4.69) is 56.9 Å². The Bertz CT molecular complexity index is 943. The fourth-order valence-electron chi connectivity index (χ4n) is 2.92. The molecule has 0 aliphatic rings. The van der Waals surface area contributed by atoms with Gasteiger partial charge in [-0.15, -0.1) is 11.3 Å². The second-order valence-corrected chi connectivity index (χ2v) is 8.85. The molecule has 3 rings (SSSR count). The van der Waals surface area contributed by atoms with Gasteiger partial charge in [0, 0.05) is 10.6 Å². The van der Waals surface area contributed by atoms with Crippen LogP contribution in [0.3, 0.4) is 0 Å². The number of rotatable bonds is 6. The van der Waals surface area contributed by atoms with Crippen LogP contribution in [0, 0.1) is 19.8 Å². The molecule has 2 aromatic heterocycles. The van der Waals surface area contributed by atoms with E-state index in [4.69, 9.17) is 4.98 Å². The molecule has 3 aromatic rings. The molecule has 1 aromatic carbocycles. The van der Waals surface area contributed by atoms with Gasteiger partial charge in [-0.1, -0.05) is 61.9 Å². The summed E-state index contributed by atoms with van der Waals surface area (Å²) in [6.45, 7) is 8.62. The van der Waals surface area contributed by atoms with Crippen molar-refractivity contribution in [3.8, 4) is 0 Å². The summed E-state index contributed by atoms with van der Waals surface area (Å²) in [6.07, 6.45) is 2.06. The van der Waals surface area contributed by atoms with E-state index in [1.54, 1.807) is 23.1 Å². The Hall–Kier alpha value is -1.59. The fourth-order valence-corrected chi connectivity index (χ4v) is 4.83. The molecule has 0 saturated carbocycles. The number of aryl methyl sites for hydroxylation is 2. The van der Waals surface area contributed by atoms with Crippen molar-refractivity contribution in [3.05, 3.63) is 56.2 Å². The molecule has 132 valence electrons. The number of hydrogen-bond acceptors (Lipinski definition) is 4. The highest BCUT2D eigenvalue weighted by molar-refractivity contribution is 7.98. The number of H-pyrrole nitrogens is 1. The lowest BCUT2D eigenvalue weighted by atomic mass is 9.98. The molecule has 0 bridgehead atoms. The zero-order chi connectivity index (χ0) is 18.0. The summed E-state index contributed by atoms with van der Waals surface area (Å²) in [6, 6.07) is 8.43. The first-order chi connectivity index (χ1) is 12.0. The van der Waals surface area contributed by atoms with Crippen LogP contribution < -0.4 is 5.56 Å². The van der Waals surface area contributed by atoms with Crippen molar-refractivity contribution in [1.29, 1.82) is 0 Å². The summed E-state index contributed by atoms with van der Waals surface area (Å²) in [5.41, 5.74) is 3.67. The smallest absolute Gasteiger partial charge is 0.260 e. The van der Waals surface area contributed by atoms with Gasteiger partial charge in [-0.2, -0.15) is 0 Å². The third-order valence-corrected chi connectivity index (χ3v) is 6.53. The Balaban J connectivity index is 1.88. The van der Waals surface area contributed by atoms with E-state index in [1.165, 1.54) is 21.6 Å². The van der Waals surface area contributed by atoms with Gasteiger partial charge in [-0.3, -0.25) is 4.79 Å². The average molecular weight is 373 g/mol. The van der Waals surface area contributed by atoms with E-state index >= 15 is 0 Å². The molecule has 1 N–H and O–H groups in total. The highest BCUT2D eigenvalue weighted by Gasteiger charge is 2.16. The molecule has 0 spiro atoms. The maximum absolute atomic E-state index is 12.7. The number of benzene rings is 1. The monoisotopic (exact) mass is 372 g/mol. The lowest BCUT2D eigenvalue weighted by Gasteiger charge is -2.08. The van der Waals surface area contributed by atoms with E-state index in [-0.39, 0.29) is 5.56 Å². The van der Waals surface area contributed by atoms with Gasteiger partial charge in [0.05, 0.1) is 5.39 Å². The minimum absolute atomic E-state index is 0.000560. The molecular weight excluding hydrogens is 348 g/mol. The minimum atomic E-state index is -0.000560. The van der Waals surface area contributed by atoms with Crippen LogP contribution >= 0.6 is 23.1 Å². The Kier molecular flexibility index (Phi) is 5.64. The van der Waals surface area contributed by atoms with E-state index in [0.29, 0.717) is 11.1 Å². The van der Waals surface area contributed by atoms with E-state index in [9.17, 15) is 4.79 Å². The van der Waals surface area contributed by atoms with Crippen LogP contribution in [0.4, 0.5) is 0 Å². The first-order valence-electron chi connectivity index (χ1n) is 8.68. The SMILES string of the molecule is CC[C@H](C)Cc1c(C)sc2nc(SCc3cccc(C)c3)[nH]c(=O)c12. The van der Waals surface area contributed by atoms with Crippen LogP contribution in [-0.4, -0.2) is 9.97 Å². The van der Waals surface area contributed by atoms with Crippen molar-refractivity contribution in [2.75, 3.05) is 0 Å². The van der Waals surface area contributed by atoms with Gasteiger partial charge in [0.25, 0.3) is 5.56 Å². The molecule has 0 saturated heterocycles. The summed E-state index contributed by atoms with van der Waals surface area (Å²) in [5.74, 6) is 1.38. The van der Waals surface area contributed by atoms with Crippen LogP contribution in [0.25, 0.3) is 10.2 Å². The van der Waals surface area contributed by atoms with Crippen molar-refractivity contribution < 1.29 is 0 Å². The maximum atomic E-state index is 12.7. The van der Waals surface area contributed by atoms with Crippen molar-refractivity contribution in [2.24, 2.45) is 5.92 Å². The average Bonchev–Trinajstić information content (AvgIpc) is 2.89. The molecule has 0 radical (unpaired) electrons. The standard InChI is InChI=1S/C20H24N2OS2/c1-5-12(2)10-16-14(4)25-19-17(16)18(23)21-20(22-19)24-11-15-8-6-7-13(3)9-15/h6-9,12H,5,10-11H2,1-4H3,(H,21,22,23)/t12-/m0/s1. The highest BCUT2D eigenvalue weighted by atomic mass is 32.2. The summed E-state index contributed by atoms with van der Waals surface area (Å²) in [4.78, 5) is 22.4. The number of thiophene rings is 1. The number of fused-ring (bicyclic) bond motifs is 1. The molecule has 25 heavy (non-hydrogen) atoms. The molecule has 0 fully saturated rings. The zero-order valence-corrected chi connectivity index (χ0v) is 16.8. The minimum Gasteiger partial charge on any atom is -0.301 e. The number of aromatic amines is 1. The predicted octanol–water partition coefficient (Wildman–Crippen LogP) is 5.48. The fraction of sp³-hybridized carbons (Fsp3) is 0.400. The Labute approximate surface area is 156 Å². The lowest BCUT2D eigenvalue weighted by molar-refractivity contribution is 0.561. The quantitative estimate of drug-likeness (QED) is 0.460. The molecule has 0 unspecified atom stereocenters. The van der Waals surface area contributed by atoms with Gasteiger partial charge < -0.3 is 4.98 Å². The van der Waals surface area contributed by atoms with Crippen LogP contribution in [0.2, 0.25) is 0 Å². The van der Waals surface area contributed by atoms with Gasteiger partial charge in [-0.25, -0.2) is 4.98 Å². The Morgan fingerprint density at radius 3 is 2.84 bits per heavy atom. The number of nitrogens with one attached hydrogen (secondary N) is 1. The maximum Gasteiger partial charge on any atom is 0.260 e. The Morgan fingerprint density at radius 1 is 1.32 bits per heavy atom. The largest absolute Gasteiger partial charge is 0.301 e. The van der Waals surface area contributed by atoms with Crippen LogP contribution in [-0.2, 0) is 12.2 Å². The van der Waals surface area contributed by atoms with Gasteiger partial charge in [0.2, 0.25) is 0 Å². The topological polar surface area (TPSA) is 45.8 Å². The lowest BCUT2D eigenvalue weighted by Crippen LogP contribution is -2.11. The van der Waals surface area contributed by atoms with E-state index in [1.807, 2.05) is 0 Å². The molecule has 0 amide bonds. The molecular formula is C20H24N2OS2. The van der Waals surface area contributed by atoms with Crippen molar-refractivity contribution in [1.82, 2.24) is 9.97 Å². The van der Waals surface area contributed by atoms with Gasteiger partial charge in [0.1, 0.15) is 4.83 Å². The molecule has 1 atom stereocenters. The highest BCUT2D eigenvalue weighted by Crippen LogP contribution is 2.31. The third-order valence-electron chi connectivity index (χ3n) is 4.55. The molecule has 0 aliphatic carbocycles. The first-order valence-corrected chi connectivity index (χ1v) is 10.5. The Morgan fingerprint density at radius 2 is 2.12 bits per heavy atom.